The van der Waals surface area contributed by atoms with E-state index in [0.717, 1.165) is 12.7 Å². The number of rotatable bonds is 7. The molecule has 0 aliphatic rings. The summed E-state index contributed by atoms with van der Waals surface area (Å²) in [6.45, 7) is 17.0. The number of carbonyl (C=O) groups is 1. The number of aldehydes is 1. The fraction of sp³-hybridized carbons (Fsp3) is 0.611. The zero-order valence-electron chi connectivity index (χ0n) is 14.8. The largest absolute Gasteiger partial charge is 0.303 e. The summed E-state index contributed by atoms with van der Waals surface area (Å²) < 4.78 is 0. The van der Waals surface area contributed by atoms with Gasteiger partial charge in [0.1, 0.15) is 6.29 Å². The van der Waals surface area contributed by atoms with Crippen molar-refractivity contribution < 1.29 is 4.79 Å². The number of hydrogen-bond donors (Lipinski definition) is 0. The van der Waals surface area contributed by atoms with Gasteiger partial charge in [-0.3, -0.25) is 0 Å². The minimum absolute atomic E-state index is 0.562. The first-order chi connectivity index (χ1) is 9.59. The summed E-state index contributed by atoms with van der Waals surface area (Å²) in [4.78, 5) is 11.2. The lowest BCUT2D eigenvalue weighted by molar-refractivity contribution is -0.108. The van der Waals surface area contributed by atoms with Crippen LogP contribution in [0.1, 0.15) is 24.4 Å². The van der Waals surface area contributed by atoms with Crippen LogP contribution in [-0.4, -0.2) is 22.4 Å². The number of benzene rings is 1. The van der Waals surface area contributed by atoms with Crippen LogP contribution in [0.2, 0.25) is 44.8 Å². The van der Waals surface area contributed by atoms with Gasteiger partial charge in [0.05, 0.1) is 8.07 Å². The standard InChI is InChI=1S/C18H32OSi2/c1-15(17(13-14-19)20(2,3)4)18(21(5,6)7)16-11-9-8-10-12-16/h8-12,14-15,17-18H,13H2,1-7H3/t15-,17+,18-/m0/s1. The monoisotopic (exact) mass is 320 g/mol. The van der Waals surface area contributed by atoms with Crippen molar-refractivity contribution in [2.75, 3.05) is 0 Å². The molecule has 0 N–H and O–H groups in total. The van der Waals surface area contributed by atoms with Crippen LogP contribution in [0.4, 0.5) is 0 Å². The van der Waals surface area contributed by atoms with Gasteiger partial charge in [-0.15, -0.1) is 0 Å². The molecule has 0 bridgehead atoms. The summed E-state index contributed by atoms with van der Waals surface area (Å²) >= 11 is 0. The first-order valence-electron chi connectivity index (χ1n) is 8.07. The first-order valence-corrected chi connectivity index (χ1v) is 15.2. The Morgan fingerprint density at radius 3 is 1.86 bits per heavy atom. The molecule has 0 aliphatic carbocycles. The third kappa shape index (κ3) is 4.92. The molecule has 0 aromatic heterocycles. The average molecular weight is 321 g/mol. The van der Waals surface area contributed by atoms with E-state index in [0.29, 0.717) is 17.0 Å². The minimum atomic E-state index is -1.35. The molecule has 1 nitrogen and oxygen atoms in total. The van der Waals surface area contributed by atoms with Crippen LogP contribution in [-0.2, 0) is 4.79 Å². The number of hydrogen-bond acceptors (Lipinski definition) is 1. The van der Waals surface area contributed by atoms with Crippen molar-refractivity contribution in [3.05, 3.63) is 35.9 Å². The SMILES string of the molecule is C[C@@H]([C@@H](CC=O)[Si](C)(C)C)[C@@H](c1ccccc1)[Si](C)(C)C. The molecule has 0 heterocycles. The summed E-state index contributed by atoms with van der Waals surface area (Å²) in [7, 11) is -2.71. The Balaban J connectivity index is 3.22. The highest BCUT2D eigenvalue weighted by molar-refractivity contribution is 6.79. The molecule has 0 spiro atoms. The predicted molar refractivity (Wildman–Crippen MR) is 99.5 cm³/mol. The number of carbonyl (C=O) groups excluding carboxylic acids is 1. The van der Waals surface area contributed by atoms with Crippen molar-refractivity contribution in [3.63, 3.8) is 0 Å². The Kier molecular flexibility index (Phi) is 6.17. The van der Waals surface area contributed by atoms with Crippen LogP contribution in [0.3, 0.4) is 0 Å². The Morgan fingerprint density at radius 1 is 0.952 bits per heavy atom. The van der Waals surface area contributed by atoms with Gasteiger partial charge in [0.15, 0.2) is 0 Å². The second kappa shape index (κ2) is 7.06. The van der Waals surface area contributed by atoms with E-state index in [1.54, 1.807) is 0 Å². The molecular weight excluding hydrogens is 288 g/mol. The molecule has 0 saturated carbocycles. The highest BCUT2D eigenvalue weighted by Crippen LogP contribution is 2.44. The maximum atomic E-state index is 11.2. The van der Waals surface area contributed by atoms with E-state index in [1.165, 1.54) is 5.56 Å². The summed E-state index contributed by atoms with van der Waals surface area (Å²) in [5.41, 5.74) is 2.65. The minimum Gasteiger partial charge on any atom is -0.303 e. The third-order valence-electron chi connectivity index (χ3n) is 4.71. The Labute approximate surface area is 133 Å². The lowest BCUT2D eigenvalue weighted by Crippen LogP contribution is -2.42. The third-order valence-corrected chi connectivity index (χ3v) is 10.4. The molecule has 1 aromatic rings. The van der Waals surface area contributed by atoms with E-state index >= 15 is 0 Å². The van der Waals surface area contributed by atoms with Gasteiger partial charge in [-0.05, 0) is 22.6 Å². The first kappa shape index (κ1) is 18.4. The van der Waals surface area contributed by atoms with Gasteiger partial charge in [-0.2, -0.15) is 0 Å². The average Bonchev–Trinajstić information content (AvgIpc) is 2.34. The molecule has 21 heavy (non-hydrogen) atoms. The molecule has 0 amide bonds. The molecule has 3 heteroatoms. The van der Waals surface area contributed by atoms with E-state index in [1.807, 2.05) is 0 Å². The highest BCUT2D eigenvalue weighted by Gasteiger charge is 2.40. The van der Waals surface area contributed by atoms with Gasteiger partial charge >= 0.3 is 0 Å². The highest BCUT2D eigenvalue weighted by atomic mass is 28.3. The molecule has 0 radical (unpaired) electrons. The lowest BCUT2D eigenvalue weighted by atomic mass is 9.95. The van der Waals surface area contributed by atoms with Gasteiger partial charge in [-0.25, -0.2) is 0 Å². The zero-order valence-corrected chi connectivity index (χ0v) is 16.8. The van der Waals surface area contributed by atoms with Gasteiger partial charge in [0.2, 0.25) is 0 Å². The van der Waals surface area contributed by atoms with Crippen LogP contribution in [0.15, 0.2) is 30.3 Å². The van der Waals surface area contributed by atoms with Gasteiger partial charge in [0, 0.05) is 14.5 Å². The molecule has 0 saturated heterocycles. The molecule has 0 aliphatic heterocycles. The lowest BCUT2D eigenvalue weighted by Gasteiger charge is -2.42. The molecule has 1 aromatic carbocycles. The molecule has 118 valence electrons. The van der Waals surface area contributed by atoms with E-state index in [4.69, 9.17) is 0 Å². The van der Waals surface area contributed by atoms with Crippen LogP contribution in [0, 0.1) is 5.92 Å². The topological polar surface area (TPSA) is 17.1 Å². The summed E-state index contributed by atoms with van der Waals surface area (Å²) in [6.07, 6.45) is 1.87. The predicted octanol–water partition coefficient (Wildman–Crippen LogP) is 5.58. The molecule has 0 fully saturated rings. The maximum absolute atomic E-state index is 11.2. The smallest absolute Gasteiger partial charge is 0.119 e. The fourth-order valence-corrected chi connectivity index (χ4v) is 9.71. The van der Waals surface area contributed by atoms with E-state index in [2.05, 4.69) is 76.5 Å². The van der Waals surface area contributed by atoms with Crippen molar-refractivity contribution in [1.29, 1.82) is 0 Å². The van der Waals surface area contributed by atoms with Crippen molar-refractivity contribution in [1.82, 2.24) is 0 Å². The van der Waals surface area contributed by atoms with Crippen LogP contribution in [0.5, 0.6) is 0 Å². The quantitative estimate of drug-likeness (QED) is 0.473. The molecular formula is C18H32OSi2. The zero-order chi connectivity index (χ0) is 16.3. The van der Waals surface area contributed by atoms with Gasteiger partial charge in [-0.1, -0.05) is 76.5 Å². The van der Waals surface area contributed by atoms with Crippen molar-refractivity contribution in [3.8, 4) is 0 Å². The Bertz CT molecular complexity index is 443. The van der Waals surface area contributed by atoms with E-state index in [9.17, 15) is 4.79 Å². The van der Waals surface area contributed by atoms with E-state index in [-0.39, 0.29) is 0 Å². The van der Waals surface area contributed by atoms with Crippen molar-refractivity contribution >= 4 is 22.4 Å². The summed E-state index contributed by atoms with van der Waals surface area (Å²) in [6, 6.07) is 11.0. The fourth-order valence-electron chi connectivity index (χ4n) is 3.95. The summed E-state index contributed by atoms with van der Waals surface area (Å²) in [5, 5.41) is 0. The molecule has 1 rings (SSSR count). The summed E-state index contributed by atoms with van der Waals surface area (Å²) in [5.74, 6) is 0.580. The molecule has 0 unspecified atom stereocenters. The van der Waals surface area contributed by atoms with Crippen LogP contribution < -0.4 is 0 Å². The Hall–Kier alpha value is -0.676. The molecule has 3 atom stereocenters. The van der Waals surface area contributed by atoms with Crippen molar-refractivity contribution in [2.24, 2.45) is 5.92 Å². The van der Waals surface area contributed by atoms with Crippen LogP contribution >= 0.6 is 0 Å². The second-order valence-electron chi connectivity index (χ2n) is 8.49. The van der Waals surface area contributed by atoms with Gasteiger partial charge < -0.3 is 4.79 Å². The Morgan fingerprint density at radius 2 is 1.48 bits per heavy atom. The van der Waals surface area contributed by atoms with Gasteiger partial charge in [0.25, 0.3) is 0 Å². The van der Waals surface area contributed by atoms with Crippen LogP contribution in [0.25, 0.3) is 0 Å². The second-order valence-corrected chi connectivity index (χ2v) is 19.3. The maximum Gasteiger partial charge on any atom is 0.119 e. The van der Waals surface area contributed by atoms with E-state index < -0.39 is 16.1 Å². The normalized spacial score (nSPS) is 17.1. The van der Waals surface area contributed by atoms with Crippen molar-refractivity contribution in [2.45, 2.75) is 63.7 Å².